The first-order chi connectivity index (χ1) is 0. The second-order valence-electron chi connectivity index (χ2n) is 0. The minimum Gasteiger partial charge on any atom is -1.00 e. The van der Waals surface area contributed by atoms with E-state index in [1.165, 1.54) is 0 Å². The molecule has 6 heavy (non-hydrogen) atoms. The van der Waals surface area contributed by atoms with Crippen LogP contribution in [0.1, 0.15) is 2.85 Å². The Morgan fingerprint density at radius 2 is 0.667 bits per heavy atom. The summed E-state index contributed by atoms with van der Waals surface area (Å²) in [4.78, 5) is 0. The van der Waals surface area contributed by atoms with Crippen LogP contribution in [-0.2, 0) is 0 Å². The van der Waals surface area contributed by atoms with Crippen LogP contribution in [0.3, 0.4) is 0 Å². The maximum atomic E-state index is 0. The molecule has 0 heterocycles. The van der Waals surface area contributed by atoms with Gasteiger partial charge in [0.25, 0.3) is 0 Å². The molecule has 0 spiro atoms. The molecular formula is H13AlMgO4. The van der Waals surface area contributed by atoms with Gasteiger partial charge >= 0.3 is 23.1 Å². The quantitative estimate of drug-likeness (QED) is 0.291. The van der Waals surface area contributed by atoms with Crippen molar-refractivity contribution in [3.8, 4) is 0 Å². The molecule has 0 bridgehead atoms. The summed E-state index contributed by atoms with van der Waals surface area (Å²) in [6, 6.07) is 0. The fraction of sp³-hybridized carbons (Fsp3) is 0. The molecule has 0 atom stereocenters. The minimum atomic E-state index is 0. The summed E-state index contributed by atoms with van der Waals surface area (Å²) >= 11 is 0. The standard InChI is InChI=1S/Al.Mg.4H2O.5H/h;;4*1H2;;;;;/q;+2;;;;;;;;2*-1. The van der Waals surface area contributed by atoms with E-state index in [1.807, 2.05) is 0 Å². The van der Waals surface area contributed by atoms with Crippen molar-refractivity contribution in [2.75, 3.05) is 0 Å². The van der Waals surface area contributed by atoms with Gasteiger partial charge in [0, 0.05) is 0 Å². The monoisotopic (exact) mass is 128 g/mol. The Hall–Kier alpha value is 1.14. The van der Waals surface area contributed by atoms with Gasteiger partial charge in [0.2, 0.25) is 0 Å². The Kier molecular flexibility index (Phi) is 4320. The van der Waals surface area contributed by atoms with Crippen molar-refractivity contribution in [2.45, 2.75) is 0 Å². The third kappa shape index (κ3) is 67.9. The molecule has 0 saturated heterocycles. The molecule has 0 radical (unpaired) electrons. The molecule has 0 fully saturated rings. The first kappa shape index (κ1) is 207. The molecule has 4 nitrogen and oxygen atoms in total. The molecule has 0 aliphatic carbocycles. The van der Waals surface area contributed by atoms with Crippen LogP contribution in [0.5, 0.6) is 0 Å². The van der Waals surface area contributed by atoms with Gasteiger partial charge in [0.05, 0.1) is 0 Å². The zero-order valence-electron chi connectivity index (χ0n) is 4.71. The third-order valence-electron chi connectivity index (χ3n) is 0. The molecule has 0 unspecified atom stereocenters. The number of hydrogen-bond donors (Lipinski definition) is 0. The van der Waals surface area contributed by atoms with Crippen molar-refractivity contribution in [1.29, 1.82) is 0 Å². The van der Waals surface area contributed by atoms with Crippen molar-refractivity contribution in [1.82, 2.24) is 0 Å². The summed E-state index contributed by atoms with van der Waals surface area (Å²) in [6.07, 6.45) is 0. The summed E-state index contributed by atoms with van der Waals surface area (Å²) in [5, 5.41) is 0. The van der Waals surface area contributed by atoms with E-state index in [4.69, 9.17) is 0 Å². The first-order valence-electron chi connectivity index (χ1n) is 0. The maximum absolute atomic E-state index is 0. The summed E-state index contributed by atoms with van der Waals surface area (Å²) in [5.74, 6) is 0. The van der Waals surface area contributed by atoms with Crippen LogP contribution in [0.2, 0.25) is 0 Å². The molecule has 0 aromatic rings. The molecule has 0 rings (SSSR count). The third-order valence-corrected chi connectivity index (χ3v) is 0. The minimum absolute atomic E-state index is 0. The van der Waals surface area contributed by atoms with Gasteiger partial charge in [-0.3, -0.25) is 0 Å². The first-order valence-corrected chi connectivity index (χ1v) is 0. The van der Waals surface area contributed by atoms with Gasteiger partial charge in [-0.25, -0.2) is 0 Å². The normalized spacial score (nSPS) is 0. The summed E-state index contributed by atoms with van der Waals surface area (Å²) in [6.45, 7) is 0. The smallest absolute Gasteiger partial charge is 1.00 e. The van der Waals surface area contributed by atoms with Crippen LogP contribution in [0.15, 0.2) is 0 Å². The molecule has 8 N–H and O–H groups in total. The van der Waals surface area contributed by atoms with Gasteiger partial charge < -0.3 is 24.8 Å². The van der Waals surface area contributed by atoms with Crippen molar-refractivity contribution >= 4 is 40.4 Å². The van der Waals surface area contributed by atoms with E-state index in [2.05, 4.69) is 0 Å². The fourth-order valence-corrected chi connectivity index (χ4v) is 0. The van der Waals surface area contributed by atoms with E-state index in [0.29, 0.717) is 0 Å². The molecule has 42 valence electrons. The maximum Gasteiger partial charge on any atom is 2.00 e. The van der Waals surface area contributed by atoms with Gasteiger partial charge in [0.15, 0.2) is 17.4 Å². The van der Waals surface area contributed by atoms with E-state index in [9.17, 15) is 0 Å². The number of hydrogen-bond acceptors (Lipinski definition) is 0. The largest absolute Gasteiger partial charge is 2.00 e. The molecule has 0 saturated carbocycles. The van der Waals surface area contributed by atoms with Crippen molar-refractivity contribution in [3.63, 3.8) is 0 Å². The Morgan fingerprint density at radius 3 is 0.667 bits per heavy atom. The summed E-state index contributed by atoms with van der Waals surface area (Å²) < 4.78 is 0. The molecule has 0 aliphatic rings. The Bertz CT molecular complexity index is 14.0. The Labute approximate surface area is 65.4 Å². The van der Waals surface area contributed by atoms with E-state index in [0.717, 1.165) is 0 Å². The van der Waals surface area contributed by atoms with Crippen molar-refractivity contribution < 1.29 is 24.8 Å². The van der Waals surface area contributed by atoms with Gasteiger partial charge in [-0.15, -0.1) is 0 Å². The topological polar surface area (TPSA) is 126 Å². The summed E-state index contributed by atoms with van der Waals surface area (Å²) in [5.41, 5.74) is 0. The molecule has 0 aromatic heterocycles. The zero-order chi connectivity index (χ0) is 0. The second-order valence-corrected chi connectivity index (χ2v) is 0. The summed E-state index contributed by atoms with van der Waals surface area (Å²) in [7, 11) is 0. The van der Waals surface area contributed by atoms with Crippen molar-refractivity contribution in [2.24, 2.45) is 0 Å². The van der Waals surface area contributed by atoms with Gasteiger partial charge in [-0.2, -0.15) is 0 Å². The van der Waals surface area contributed by atoms with Crippen LogP contribution in [-0.4, -0.2) is 62.3 Å². The van der Waals surface area contributed by atoms with Gasteiger partial charge in [-0.1, -0.05) is 0 Å². The van der Waals surface area contributed by atoms with Gasteiger partial charge in [-0.05, 0) is 0 Å². The van der Waals surface area contributed by atoms with Crippen LogP contribution >= 0.6 is 0 Å². The average molecular weight is 128 g/mol. The van der Waals surface area contributed by atoms with Crippen LogP contribution in [0, 0.1) is 0 Å². The predicted octanol–water partition coefficient (Wildman–Crippen LogP) is -4.64. The van der Waals surface area contributed by atoms with E-state index >= 15 is 0 Å². The molecular weight excluding hydrogens is 115 g/mol. The van der Waals surface area contributed by atoms with Gasteiger partial charge in [0.1, 0.15) is 0 Å². The van der Waals surface area contributed by atoms with Crippen molar-refractivity contribution in [3.05, 3.63) is 0 Å². The SMILES string of the molecule is O.O.O.O.[AlH3].[H-].[H-].[Mg+2]. The molecule has 6 heteroatoms. The van der Waals surface area contributed by atoms with Crippen LogP contribution in [0.25, 0.3) is 0 Å². The predicted molar refractivity (Wildman–Crippen MR) is 32.4 cm³/mol. The Balaban J connectivity index is 0. The number of rotatable bonds is 0. The average Bonchev–Trinajstić information content (AvgIpc) is 0. The molecule has 0 amide bonds. The van der Waals surface area contributed by atoms with E-state index < -0.39 is 0 Å². The van der Waals surface area contributed by atoms with Crippen LogP contribution in [0.4, 0.5) is 0 Å². The second kappa shape index (κ2) is 125. The van der Waals surface area contributed by atoms with E-state index in [-0.39, 0.29) is 65.2 Å². The van der Waals surface area contributed by atoms with E-state index in [1.54, 1.807) is 0 Å². The Morgan fingerprint density at radius 1 is 0.667 bits per heavy atom. The fourth-order valence-electron chi connectivity index (χ4n) is 0. The molecule has 0 aliphatic heterocycles. The van der Waals surface area contributed by atoms with Crippen LogP contribution < -0.4 is 0 Å². The zero-order valence-corrected chi connectivity index (χ0v) is 4.12. The molecule has 0 aromatic carbocycles.